The highest BCUT2D eigenvalue weighted by Crippen LogP contribution is 2.22. The van der Waals surface area contributed by atoms with Gasteiger partial charge in [-0.05, 0) is 31.7 Å². The molecule has 1 fully saturated rings. The summed E-state index contributed by atoms with van der Waals surface area (Å²) in [6, 6.07) is 0.379. The highest BCUT2D eigenvalue weighted by Gasteiger charge is 2.20. The maximum Gasteiger partial charge on any atom is 0.217 e. The van der Waals surface area contributed by atoms with Crippen LogP contribution in [0.1, 0.15) is 32.6 Å². The van der Waals surface area contributed by atoms with Crippen LogP contribution in [0.25, 0.3) is 0 Å². The Kier molecular flexibility index (Phi) is 3.53. The minimum atomic E-state index is 0.0812. The summed E-state index contributed by atoms with van der Waals surface area (Å²) in [5, 5.41) is 2.95. The van der Waals surface area contributed by atoms with Crippen LogP contribution in [0.15, 0.2) is 0 Å². The van der Waals surface area contributed by atoms with E-state index in [-0.39, 0.29) is 5.91 Å². The molecule has 0 aliphatic heterocycles. The van der Waals surface area contributed by atoms with Crippen LogP contribution in [0.5, 0.6) is 0 Å². The summed E-state index contributed by atoms with van der Waals surface area (Å²) in [7, 11) is 0. The summed E-state index contributed by atoms with van der Waals surface area (Å²) in [6.07, 6.45) is 4.62. The maximum atomic E-state index is 10.8. The maximum absolute atomic E-state index is 10.8. The Morgan fingerprint density at radius 1 is 1.58 bits per heavy atom. The van der Waals surface area contributed by atoms with E-state index in [1.807, 2.05) is 0 Å². The van der Waals surface area contributed by atoms with Crippen LogP contribution in [0.3, 0.4) is 0 Å². The summed E-state index contributed by atoms with van der Waals surface area (Å²) < 4.78 is 0. The van der Waals surface area contributed by atoms with E-state index in [4.69, 9.17) is 5.73 Å². The van der Waals surface area contributed by atoms with Gasteiger partial charge in [-0.1, -0.05) is 6.42 Å². The largest absolute Gasteiger partial charge is 0.354 e. The molecule has 0 spiro atoms. The van der Waals surface area contributed by atoms with Crippen LogP contribution in [-0.4, -0.2) is 18.5 Å². The Hall–Kier alpha value is -0.570. The fraction of sp³-hybridized carbons (Fsp3) is 0.889. The van der Waals surface area contributed by atoms with Gasteiger partial charge in [0.05, 0.1) is 0 Å². The van der Waals surface area contributed by atoms with Crippen LogP contribution < -0.4 is 11.1 Å². The van der Waals surface area contributed by atoms with E-state index in [0.717, 1.165) is 19.4 Å². The van der Waals surface area contributed by atoms with Crippen molar-refractivity contribution in [1.29, 1.82) is 0 Å². The molecule has 1 aliphatic carbocycles. The highest BCUT2D eigenvalue weighted by atomic mass is 16.1. The zero-order valence-corrected chi connectivity index (χ0v) is 7.68. The standard InChI is InChI=1S/C9H18N2O/c1-7(12)11-9-4-2-3-8(5-9)6-10/h8-9H,2-6,10H2,1H3,(H,11,12). The Morgan fingerprint density at radius 2 is 2.33 bits per heavy atom. The zero-order chi connectivity index (χ0) is 8.97. The number of hydrogen-bond donors (Lipinski definition) is 2. The van der Waals surface area contributed by atoms with E-state index in [1.54, 1.807) is 6.92 Å². The van der Waals surface area contributed by atoms with Crippen molar-refractivity contribution in [3.05, 3.63) is 0 Å². The third kappa shape index (κ3) is 2.81. The van der Waals surface area contributed by atoms with Crippen molar-refractivity contribution in [2.45, 2.75) is 38.6 Å². The molecule has 0 bridgehead atoms. The first-order valence-electron chi connectivity index (χ1n) is 4.69. The average molecular weight is 170 g/mol. The van der Waals surface area contributed by atoms with Crippen LogP contribution >= 0.6 is 0 Å². The van der Waals surface area contributed by atoms with Crippen LogP contribution in [0.2, 0.25) is 0 Å². The van der Waals surface area contributed by atoms with E-state index in [9.17, 15) is 4.79 Å². The van der Waals surface area contributed by atoms with Crippen LogP contribution in [-0.2, 0) is 4.79 Å². The van der Waals surface area contributed by atoms with Gasteiger partial charge in [0, 0.05) is 13.0 Å². The predicted molar refractivity (Wildman–Crippen MR) is 48.6 cm³/mol. The number of carbonyl (C=O) groups excluding carboxylic acids is 1. The van der Waals surface area contributed by atoms with Gasteiger partial charge in [-0.25, -0.2) is 0 Å². The molecule has 0 radical (unpaired) electrons. The van der Waals surface area contributed by atoms with Crippen molar-refractivity contribution in [2.24, 2.45) is 11.7 Å². The quantitative estimate of drug-likeness (QED) is 0.639. The summed E-state index contributed by atoms with van der Waals surface area (Å²) in [5.41, 5.74) is 5.58. The van der Waals surface area contributed by atoms with Crippen molar-refractivity contribution in [3.63, 3.8) is 0 Å². The molecule has 0 aromatic rings. The number of amides is 1. The SMILES string of the molecule is CC(=O)NC1CCCC(CN)C1. The highest BCUT2D eigenvalue weighted by molar-refractivity contribution is 5.73. The molecular weight excluding hydrogens is 152 g/mol. The molecule has 12 heavy (non-hydrogen) atoms. The molecule has 3 heteroatoms. The molecule has 0 saturated heterocycles. The van der Waals surface area contributed by atoms with Gasteiger partial charge in [0.25, 0.3) is 0 Å². The topological polar surface area (TPSA) is 55.1 Å². The lowest BCUT2D eigenvalue weighted by Crippen LogP contribution is -2.38. The summed E-state index contributed by atoms with van der Waals surface area (Å²) in [6.45, 7) is 2.34. The van der Waals surface area contributed by atoms with Crippen molar-refractivity contribution in [3.8, 4) is 0 Å². The number of carbonyl (C=O) groups is 1. The van der Waals surface area contributed by atoms with E-state index in [0.29, 0.717) is 12.0 Å². The van der Waals surface area contributed by atoms with Crippen molar-refractivity contribution >= 4 is 5.91 Å². The van der Waals surface area contributed by atoms with Gasteiger partial charge in [-0.3, -0.25) is 4.79 Å². The van der Waals surface area contributed by atoms with Gasteiger partial charge in [-0.15, -0.1) is 0 Å². The molecule has 70 valence electrons. The lowest BCUT2D eigenvalue weighted by Gasteiger charge is -2.28. The lowest BCUT2D eigenvalue weighted by molar-refractivity contribution is -0.119. The second kappa shape index (κ2) is 4.45. The minimum absolute atomic E-state index is 0.0812. The molecule has 1 aliphatic rings. The molecule has 0 heterocycles. The van der Waals surface area contributed by atoms with E-state index < -0.39 is 0 Å². The van der Waals surface area contributed by atoms with Gasteiger partial charge >= 0.3 is 0 Å². The van der Waals surface area contributed by atoms with E-state index in [1.165, 1.54) is 12.8 Å². The first-order chi connectivity index (χ1) is 5.72. The Morgan fingerprint density at radius 3 is 2.92 bits per heavy atom. The number of hydrogen-bond acceptors (Lipinski definition) is 2. The third-order valence-corrected chi connectivity index (χ3v) is 2.52. The molecule has 2 atom stereocenters. The molecular formula is C9H18N2O. The molecule has 0 aromatic carbocycles. The number of rotatable bonds is 2. The molecule has 0 aromatic heterocycles. The second-order valence-corrected chi connectivity index (χ2v) is 3.67. The van der Waals surface area contributed by atoms with Gasteiger partial charge in [0.15, 0.2) is 0 Å². The first kappa shape index (κ1) is 9.52. The fourth-order valence-corrected chi connectivity index (χ4v) is 1.92. The van der Waals surface area contributed by atoms with Gasteiger partial charge < -0.3 is 11.1 Å². The van der Waals surface area contributed by atoms with Crippen molar-refractivity contribution in [2.75, 3.05) is 6.54 Å². The fourth-order valence-electron chi connectivity index (χ4n) is 1.92. The predicted octanol–water partition coefficient (Wildman–Crippen LogP) is 0.640. The third-order valence-electron chi connectivity index (χ3n) is 2.52. The second-order valence-electron chi connectivity index (χ2n) is 3.67. The Bertz CT molecular complexity index is 159. The molecule has 1 rings (SSSR count). The smallest absolute Gasteiger partial charge is 0.217 e. The summed E-state index contributed by atoms with van der Waals surface area (Å²) in [4.78, 5) is 10.8. The molecule has 1 amide bonds. The summed E-state index contributed by atoms with van der Waals surface area (Å²) >= 11 is 0. The molecule has 1 saturated carbocycles. The van der Waals surface area contributed by atoms with Crippen molar-refractivity contribution < 1.29 is 4.79 Å². The van der Waals surface area contributed by atoms with Crippen molar-refractivity contribution in [1.82, 2.24) is 5.32 Å². The van der Waals surface area contributed by atoms with E-state index in [2.05, 4.69) is 5.32 Å². The van der Waals surface area contributed by atoms with Gasteiger partial charge in [0.2, 0.25) is 5.91 Å². The van der Waals surface area contributed by atoms with Crippen LogP contribution in [0, 0.1) is 5.92 Å². The number of nitrogens with one attached hydrogen (secondary N) is 1. The molecule has 3 N–H and O–H groups in total. The Labute approximate surface area is 73.7 Å². The van der Waals surface area contributed by atoms with Crippen LogP contribution in [0.4, 0.5) is 0 Å². The average Bonchev–Trinajstić information content (AvgIpc) is 2.03. The Balaban J connectivity index is 2.30. The normalized spacial score (nSPS) is 29.8. The van der Waals surface area contributed by atoms with E-state index >= 15 is 0 Å². The molecule has 2 unspecified atom stereocenters. The number of nitrogens with two attached hydrogens (primary N) is 1. The van der Waals surface area contributed by atoms with Gasteiger partial charge in [-0.2, -0.15) is 0 Å². The summed E-state index contributed by atoms with van der Waals surface area (Å²) in [5.74, 6) is 0.702. The zero-order valence-electron chi connectivity index (χ0n) is 7.68. The lowest BCUT2D eigenvalue weighted by atomic mass is 9.86. The molecule has 3 nitrogen and oxygen atoms in total. The van der Waals surface area contributed by atoms with Gasteiger partial charge in [0.1, 0.15) is 0 Å². The monoisotopic (exact) mass is 170 g/mol. The minimum Gasteiger partial charge on any atom is -0.354 e. The first-order valence-corrected chi connectivity index (χ1v) is 4.69.